The molecular formula is C14H16N2O2. The van der Waals surface area contributed by atoms with E-state index in [-0.39, 0.29) is 5.84 Å². The molecule has 94 valence electrons. The van der Waals surface area contributed by atoms with Crippen LogP contribution in [0.1, 0.15) is 13.3 Å². The molecule has 1 atom stereocenters. The Morgan fingerprint density at radius 2 is 2.00 bits per heavy atom. The normalized spacial score (nSPS) is 13.5. The van der Waals surface area contributed by atoms with E-state index >= 15 is 0 Å². The van der Waals surface area contributed by atoms with Gasteiger partial charge in [-0.3, -0.25) is 0 Å². The van der Waals surface area contributed by atoms with Gasteiger partial charge in [-0.2, -0.15) is 0 Å². The molecule has 2 aromatic rings. The summed E-state index contributed by atoms with van der Waals surface area (Å²) in [7, 11) is 0. The lowest BCUT2D eigenvalue weighted by Crippen LogP contribution is -2.33. The summed E-state index contributed by atoms with van der Waals surface area (Å²) in [6, 6.07) is 13.8. The van der Waals surface area contributed by atoms with E-state index in [4.69, 9.17) is 15.7 Å². The molecule has 0 fully saturated rings. The second-order valence-electron chi connectivity index (χ2n) is 4.02. The van der Waals surface area contributed by atoms with Crippen molar-refractivity contribution in [3.05, 3.63) is 42.5 Å². The summed E-state index contributed by atoms with van der Waals surface area (Å²) in [5.41, 5.74) is 5.59. The smallest absolute Gasteiger partial charge is 0.180 e. The Morgan fingerprint density at radius 3 is 2.72 bits per heavy atom. The number of fused-ring (bicyclic) bond motifs is 1. The SMILES string of the molecule is CCC(Oc1cccc2ccccc12)C(N)=NO. The Balaban J connectivity index is 2.37. The number of amidine groups is 1. The van der Waals surface area contributed by atoms with Crippen molar-refractivity contribution < 1.29 is 9.94 Å². The number of hydrogen-bond acceptors (Lipinski definition) is 3. The summed E-state index contributed by atoms with van der Waals surface area (Å²) in [4.78, 5) is 0. The van der Waals surface area contributed by atoms with Crippen LogP contribution in [-0.2, 0) is 0 Å². The lowest BCUT2D eigenvalue weighted by Gasteiger charge is -2.17. The van der Waals surface area contributed by atoms with Crippen LogP contribution >= 0.6 is 0 Å². The molecule has 3 N–H and O–H groups in total. The fraction of sp³-hybridized carbons (Fsp3) is 0.214. The average molecular weight is 244 g/mol. The fourth-order valence-corrected chi connectivity index (χ4v) is 1.87. The first-order valence-electron chi connectivity index (χ1n) is 5.88. The first-order chi connectivity index (χ1) is 8.76. The standard InChI is InChI=1S/C14H16N2O2/c1-2-12(14(15)16-17)18-13-9-5-7-10-6-3-4-8-11(10)13/h3-9,12,17H,2H2,1H3,(H2,15,16). The van der Waals surface area contributed by atoms with Gasteiger partial charge in [0.2, 0.25) is 0 Å². The summed E-state index contributed by atoms with van der Waals surface area (Å²) < 4.78 is 5.81. The second-order valence-corrected chi connectivity index (χ2v) is 4.02. The monoisotopic (exact) mass is 244 g/mol. The third-order valence-corrected chi connectivity index (χ3v) is 2.84. The minimum Gasteiger partial charge on any atom is -0.482 e. The van der Waals surface area contributed by atoms with Crippen LogP contribution in [0.2, 0.25) is 0 Å². The number of oxime groups is 1. The Labute approximate surface area is 106 Å². The lowest BCUT2D eigenvalue weighted by atomic mass is 10.1. The minimum atomic E-state index is -0.416. The van der Waals surface area contributed by atoms with Crippen molar-refractivity contribution in [3.8, 4) is 5.75 Å². The van der Waals surface area contributed by atoms with Crippen molar-refractivity contribution in [1.29, 1.82) is 0 Å². The van der Waals surface area contributed by atoms with Gasteiger partial charge in [0.05, 0.1) is 0 Å². The highest BCUT2D eigenvalue weighted by Crippen LogP contribution is 2.26. The van der Waals surface area contributed by atoms with Gasteiger partial charge in [-0.05, 0) is 17.9 Å². The predicted molar refractivity (Wildman–Crippen MR) is 72.1 cm³/mol. The van der Waals surface area contributed by atoms with Crippen LogP contribution in [0.15, 0.2) is 47.6 Å². The maximum Gasteiger partial charge on any atom is 0.180 e. The van der Waals surface area contributed by atoms with Gasteiger partial charge >= 0.3 is 0 Å². The number of rotatable bonds is 4. The Bertz CT molecular complexity index is 561. The number of nitrogens with zero attached hydrogens (tertiary/aromatic N) is 1. The lowest BCUT2D eigenvalue weighted by molar-refractivity contribution is 0.249. The maximum absolute atomic E-state index is 8.71. The number of nitrogens with two attached hydrogens (primary N) is 1. The van der Waals surface area contributed by atoms with Crippen LogP contribution in [0.3, 0.4) is 0 Å². The molecular weight excluding hydrogens is 228 g/mol. The van der Waals surface area contributed by atoms with Crippen molar-refractivity contribution >= 4 is 16.6 Å². The molecule has 4 heteroatoms. The zero-order chi connectivity index (χ0) is 13.0. The molecule has 0 aromatic heterocycles. The second kappa shape index (κ2) is 5.40. The zero-order valence-corrected chi connectivity index (χ0v) is 10.2. The molecule has 0 amide bonds. The summed E-state index contributed by atoms with van der Waals surface area (Å²) in [6.07, 6.45) is 0.222. The van der Waals surface area contributed by atoms with Crippen LogP contribution < -0.4 is 10.5 Å². The van der Waals surface area contributed by atoms with Gasteiger partial charge in [0.15, 0.2) is 11.9 Å². The number of ether oxygens (including phenoxy) is 1. The van der Waals surface area contributed by atoms with E-state index in [2.05, 4.69) is 5.16 Å². The molecule has 2 aromatic carbocycles. The van der Waals surface area contributed by atoms with Gasteiger partial charge in [0, 0.05) is 5.39 Å². The summed E-state index contributed by atoms with van der Waals surface area (Å²) in [6.45, 7) is 1.92. The molecule has 0 aliphatic carbocycles. The van der Waals surface area contributed by atoms with Crippen LogP contribution in [0.4, 0.5) is 0 Å². The highest BCUT2D eigenvalue weighted by Gasteiger charge is 2.14. The summed E-state index contributed by atoms with van der Waals surface area (Å²) in [5.74, 6) is 0.831. The number of hydrogen-bond donors (Lipinski definition) is 2. The summed E-state index contributed by atoms with van der Waals surface area (Å²) >= 11 is 0. The van der Waals surface area contributed by atoms with Gasteiger partial charge < -0.3 is 15.7 Å². The Kier molecular flexibility index (Phi) is 3.67. The van der Waals surface area contributed by atoms with E-state index in [0.717, 1.165) is 16.5 Å². The highest BCUT2D eigenvalue weighted by atomic mass is 16.5. The molecule has 2 rings (SSSR count). The first kappa shape index (κ1) is 12.2. The molecule has 4 nitrogen and oxygen atoms in total. The molecule has 0 aliphatic rings. The van der Waals surface area contributed by atoms with Crippen LogP contribution in [0.5, 0.6) is 5.75 Å². The van der Waals surface area contributed by atoms with Crippen molar-refractivity contribution in [2.45, 2.75) is 19.4 Å². The van der Waals surface area contributed by atoms with Crippen LogP contribution in [0, 0.1) is 0 Å². The molecule has 0 saturated carbocycles. The molecule has 0 bridgehead atoms. The largest absolute Gasteiger partial charge is 0.482 e. The van der Waals surface area contributed by atoms with Crippen molar-refractivity contribution in [2.75, 3.05) is 0 Å². The molecule has 0 radical (unpaired) electrons. The topological polar surface area (TPSA) is 67.8 Å². The van der Waals surface area contributed by atoms with E-state index in [1.807, 2.05) is 49.4 Å². The van der Waals surface area contributed by atoms with Crippen LogP contribution in [0.25, 0.3) is 10.8 Å². The molecule has 0 saturated heterocycles. The van der Waals surface area contributed by atoms with Gasteiger partial charge in [-0.1, -0.05) is 48.5 Å². The first-order valence-corrected chi connectivity index (χ1v) is 5.88. The molecule has 1 unspecified atom stereocenters. The van der Waals surface area contributed by atoms with Crippen molar-refractivity contribution in [1.82, 2.24) is 0 Å². The quantitative estimate of drug-likeness (QED) is 0.376. The van der Waals surface area contributed by atoms with Crippen molar-refractivity contribution in [3.63, 3.8) is 0 Å². The van der Waals surface area contributed by atoms with E-state index in [1.165, 1.54) is 0 Å². The molecule has 0 aliphatic heterocycles. The fourth-order valence-electron chi connectivity index (χ4n) is 1.87. The van der Waals surface area contributed by atoms with Gasteiger partial charge in [-0.25, -0.2) is 0 Å². The van der Waals surface area contributed by atoms with E-state index in [1.54, 1.807) is 0 Å². The molecule has 0 heterocycles. The predicted octanol–water partition coefficient (Wildman–Crippen LogP) is 2.74. The summed E-state index contributed by atoms with van der Waals surface area (Å²) in [5, 5.41) is 13.8. The zero-order valence-electron chi connectivity index (χ0n) is 10.2. The Hall–Kier alpha value is -2.23. The highest BCUT2D eigenvalue weighted by molar-refractivity contribution is 5.89. The molecule has 18 heavy (non-hydrogen) atoms. The third-order valence-electron chi connectivity index (χ3n) is 2.84. The van der Waals surface area contributed by atoms with E-state index < -0.39 is 6.10 Å². The number of benzene rings is 2. The average Bonchev–Trinajstić information content (AvgIpc) is 2.44. The third kappa shape index (κ3) is 2.37. The Morgan fingerprint density at radius 1 is 1.28 bits per heavy atom. The van der Waals surface area contributed by atoms with Gasteiger partial charge in [0.25, 0.3) is 0 Å². The minimum absolute atomic E-state index is 0.0884. The van der Waals surface area contributed by atoms with E-state index in [0.29, 0.717) is 6.42 Å². The maximum atomic E-state index is 8.71. The van der Waals surface area contributed by atoms with Gasteiger partial charge in [-0.15, -0.1) is 0 Å². The van der Waals surface area contributed by atoms with E-state index in [9.17, 15) is 0 Å². The van der Waals surface area contributed by atoms with Crippen LogP contribution in [-0.4, -0.2) is 17.1 Å². The molecule has 0 spiro atoms. The van der Waals surface area contributed by atoms with Crippen molar-refractivity contribution in [2.24, 2.45) is 10.9 Å². The van der Waals surface area contributed by atoms with Gasteiger partial charge in [0.1, 0.15) is 5.75 Å².